The summed E-state index contributed by atoms with van der Waals surface area (Å²) < 4.78 is 13.4. The van der Waals surface area contributed by atoms with E-state index in [0.29, 0.717) is 21.4 Å². The third-order valence-electron chi connectivity index (χ3n) is 3.15. The van der Waals surface area contributed by atoms with Crippen LogP contribution in [0.4, 0.5) is 5.69 Å². The summed E-state index contributed by atoms with van der Waals surface area (Å²) in [7, 11) is 0.651. The molecule has 1 unspecified atom stereocenters. The molecule has 0 amide bonds. The Morgan fingerprint density at radius 1 is 1.40 bits per heavy atom. The highest BCUT2D eigenvalue weighted by molar-refractivity contribution is 7.84. The maximum atomic E-state index is 11.8. The number of nitrogens with zero attached hydrogens (tertiary/aromatic N) is 3. The maximum absolute atomic E-state index is 11.8. The van der Waals surface area contributed by atoms with Crippen LogP contribution in [0.3, 0.4) is 0 Å². The van der Waals surface area contributed by atoms with Gasteiger partial charge in [0.1, 0.15) is 5.03 Å². The molecule has 104 valence electrons. The van der Waals surface area contributed by atoms with Crippen LogP contribution in [0.15, 0.2) is 17.2 Å². The third-order valence-corrected chi connectivity index (χ3v) is 4.58. The molecule has 0 radical (unpaired) electrons. The van der Waals surface area contributed by atoms with E-state index in [2.05, 4.69) is 9.94 Å². The van der Waals surface area contributed by atoms with Gasteiger partial charge in [0.15, 0.2) is 5.69 Å². The molecular weight excluding hydrogens is 294 g/mol. The molecule has 0 aliphatic heterocycles. The Bertz CT molecular complexity index is 759. The maximum Gasteiger partial charge on any atom is 0.191 e. The number of hydrogen-bond acceptors (Lipinski definition) is 2. The molecule has 0 aliphatic rings. The molecule has 0 aliphatic carbocycles. The van der Waals surface area contributed by atoms with Crippen LogP contribution in [0.2, 0.25) is 5.02 Å². The van der Waals surface area contributed by atoms with Gasteiger partial charge in [0.05, 0.1) is 23.1 Å². The van der Waals surface area contributed by atoms with Gasteiger partial charge in [-0.05, 0) is 25.5 Å². The lowest BCUT2D eigenvalue weighted by atomic mass is 10.0. The fourth-order valence-corrected chi connectivity index (χ4v) is 3.43. The molecule has 4 nitrogen and oxygen atoms in total. The first-order valence-corrected chi connectivity index (χ1v) is 7.85. The van der Waals surface area contributed by atoms with Gasteiger partial charge < -0.3 is 0 Å². The SMILES string of the molecule is [C-]#[N+]c1cc(Cl)c(-c2nn(C)c(S(C)=O)c2C)cc1C. The quantitative estimate of drug-likeness (QED) is 0.795. The Morgan fingerprint density at radius 3 is 2.55 bits per heavy atom. The summed E-state index contributed by atoms with van der Waals surface area (Å²) in [6.07, 6.45) is 1.63. The van der Waals surface area contributed by atoms with Crippen LogP contribution in [0.25, 0.3) is 16.1 Å². The molecule has 0 saturated carbocycles. The monoisotopic (exact) mass is 307 g/mol. The standard InChI is InChI=1S/C14H14ClN3OS/c1-8-6-10(11(15)7-12(8)16-3)13-9(2)14(20(5)19)18(4)17-13/h6-7H,1-2,4-5H3. The van der Waals surface area contributed by atoms with Crippen LogP contribution in [-0.2, 0) is 17.8 Å². The Hall–Kier alpha value is -1.64. The van der Waals surface area contributed by atoms with Crippen LogP contribution < -0.4 is 0 Å². The van der Waals surface area contributed by atoms with Gasteiger partial charge in [0, 0.05) is 29.5 Å². The van der Waals surface area contributed by atoms with Crippen molar-refractivity contribution in [2.75, 3.05) is 6.26 Å². The van der Waals surface area contributed by atoms with Gasteiger partial charge in [-0.3, -0.25) is 8.89 Å². The van der Waals surface area contributed by atoms with Gasteiger partial charge in [-0.1, -0.05) is 17.7 Å². The van der Waals surface area contributed by atoms with Crippen molar-refractivity contribution in [1.82, 2.24) is 9.78 Å². The summed E-state index contributed by atoms with van der Waals surface area (Å²) >= 11 is 6.26. The number of hydrogen-bond donors (Lipinski definition) is 0. The van der Waals surface area contributed by atoms with Gasteiger partial charge in [0.2, 0.25) is 0 Å². The highest BCUT2D eigenvalue weighted by Gasteiger charge is 2.19. The van der Waals surface area contributed by atoms with E-state index in [0.717, 1.165) is 16.7 Å². The molecule has 1 heterocycles. The summed E-state index contributed by atoms with van der Waals surface area (Å²) in [5.74, 6) is 0. The first kappa shape index (κ1) is 14.8. The van der Waals surface area contributed by atoms with Crippen LogP contribution >= 0.6 is 11.6 Å². The molecule has 20 heavy (non-hydrogen) atoms. The number of halogens is 1. The Labute approximate surface area is 125 Å². The van der Waals surface area contributed by atoms with Gasteiger partial charge >= 0.3 is 0 Å². The van der Waals surface area contributed by atoms with Crippen LogP contribution in [0, 0.1) is 20.4 Å². The number of benzene rings is 1. The van der Waals surface area contributed by atoms with Crippen molar-refractivity contribution in [3.8, 4) is 11.3 Å². The number of aromatic nitrogens is 2. The molecule has 0 bridgehead atoms. The van der Waals surface area contributed by atoms with E-state index in [1.54, 1.807) is 24.1 Å². The van der Waals surface area contributed by atoms with Crippen molar-refractivity contribution in [2.24, 2.45) is 7.05 Å². The zero-order chi connectivity index (χ0) is 15.0. The Morgan fingerprint density at radius 2 is 2.05 bits per heavy atom. The van der Waals surface area contributed by atoms with E-state index in [1.165, 1.54) is 0 Å². The van der Waals surface area contributed by atoms with Crippen LogP contribution in [-0.4, -0.2) is 20.2 Å². The topological polar surface area (TPSA) is 39.2 Å². The lowest BCUT2D eigenvalue weighted by Crippen LogP contribution is -2.00. The van der Waals surface area contributed by atoms with E-state index in [-0.39, 0.29) is 0 Å². The summed E-state index contributed by atoms with van der Waals surface area (Å²) in [6, 6.07) is 3.50. The largest absolute Gasteiger partial charge is 0.259 e. The first-order valence-electron chi connectivity index (χ1n) is 5.91. The molecule has 1 atom stereocenters. The van der Waals surface area contributed by atoms with Crippen molar-refractivity contribution in [3.63, 3.8) is 0 Å². The fourth-order valence-electron chi connectivity index (χ4n) is 2.24. The minimum Gasteiger partial charge on any atom is -0.259 e. The number of rotatable bonds is 2. The van der Waals surface area contributed by atoms with Crippen molar-refractivity contribution in [3.05, 3.63) is 39.7 Å². The van der Waals surface area contributed by atoms with Crippen molar-refractivity contribution in [2.45, 2.75) is 18.9 Å². The fraction of sp³-hybridized carbons (Fsp3) is 0.286. The van der Waals surface area contributed by atoms with Gasteiger partial charge in [0.25, 0.3) is 0 Å². The van der Waals surface area contributed by atoms with Crippen LogP contribution in [0.5, 0.6) is 0 Å². The molecule has 6 heteroatoms. The average Bonchev–Trinajstić information content (AvgIpc) is 2.67. The van der Waals surface area contributed by atoms with Gasteiger partial charge in [-0.15, -0.1) is 0 Å². The lowest BCUT2D eigenvalue weighted by Gasteiger charge is -2.06. The first-order chi connectivity index (χ1) is 9.36. The molecule has 0 fully saturated rings. The average molecular weight is 308 g/mol. The molecule has 1 aromatic heterocycles. The van der Waals surface area contributed by atoms with E-state index >= 15 is 0 Å². The zero-order valence-electron chi connectivity index (χ0n) is 11.7. The predicted molar refractivity (Wildman–Crippen MR) is 81.7 cm³/mol. The zero-order valence-corrected chi connectivity index (χ0v) is 13.3. The number of aryl methyl sites for hydroxylation is 2. The summed E-state index contributed by atoms with van der Waals surface area (Å²) in [4.78, 5) is 3.43. The molecular formula is C14H14ClN3OS. The minimum atomic E-state index is -1.11. The van der Waals surface area contributed by atoms with E-state index in [1.807, 2.05) is 19.9 Å². The van der Waals surface area contributed by atoms with Crippen LogP contribution in [0.1, 0.15) is 11.1 Å². The molecule has 2 rings (SSSR count). The normalized spacial score (nSPS) is 12.2. The predicted octanol–water partition coefficient (Wildman–Crippen LogP) is 3.65. The van der Waals surface area contributed by atoms with E-state index < -0.39 is 10.8 Å². The summed E-state index contributed by atoms with van der Waals surface area (Å²) in [5.41, 5.74) is 3.71. The second kappa shape index (κ2) is 5.39. The second-order valence-electron chi connectivity index (χ2n) is 4.59. The Kier molecular flexibility index (Phi) is 3.98. The van der Waals surface area contributed by atoms with Gasteiger partial charge in [-0.25, -0.2) is 4.85 Å². The molecule has 2 aromatic rings. The van der Waals surface area contributed by atoms with Crippen molar-refractivity contribution >= 4 is 28.1 Å². The van der Waals surface area contributed by atoms with Gasteiger partial charge in [-0.2, -0.15) is 5.10 Å². The molecule has 0 saturated heterocycles. The second-order valence-corrected chi connectivity index (χ2v) is 6.29. The molecule has 0 N–H and O–H groups in total. The molecule has 0 spiro atoms. The molecule has 1 aromatic carbocycles. The van der Waals surface area contributed by atoms with E-state index in [9.17, 15) is 4.21 Å². The van der Waals surface area contributed by atoms with Crippen molar-refractivity contribution < 1.29 is 4.21 Å². The highest BCUT2D eigenvalue weighted by Crippen LogP contribution is 2.36. The summed E-state index contributed by atoms with van der Waals surface area (Å²) in [6.45, 7) is 10.8. The summed E-state index contributed by atoms with van der Waals surface area (Å²) in [5, 5.41) is 5.59. The van der Waals surface area contributed by atoms with Crippen molar-refractivity contribution in [1.29, 1.82) is 0 Å². The Balaban J connectivity index is 2.71. The smallest absolute Gasteiger partial charge is 0.191 e. The third kappa shape index (κ3) is 2.37. The highest BCUT2D eigenvalue weighted by atomic mass is 35.5. The van der Waals surface area contributed by atoms with E-state index in [4.69, 9.17) is 18.2 Å². The minimum absolute atomic E-state index is 0.483. The lowest BCUT2D eigenvalue weighted by molar-refractivity contribution is 0.654.